The maximum Gasteiger partial charge on any atom is 0.257 e. The summed E-state index contributed by atoms with van der Waals surface area (Å²) in [5.41, 5.74) is 2.01. The molecule has 0 unspecified atom stereocenters. The second kappa shape index (κ2) is 7.79. The second-order valence-electron chi connectivity index (χ2n) is 5.42. The van der Waals surface area contributed by atoms with Crippen LogP contribution in [0.5, 0.6) is 0 Å². The summed E-state index contributed by atoms with van der Waals surface area (Å²) in [5, 5.41) is 11.8. The molecular weight excluding hydrogens is 346 g/mol. The minimum absolute atomic E-state index is 0.516. The fourth-order valence-corrected chi connectivity index (χ4v) is 2.92. The molecule has 0 saturated carbocycles. The normalized spacial score (nSPS) is 11.2. The fourth-order valence-electron chi connectivity index (χ4n) is 2.28. The Kier molecular flexibility index (Phi) is 4.88. The van der Waals surface area contributed by atoms with Gasteiger partial charge in [-0.05, 0) is 23.8 Å². The van der Waals surface area contributed by atoms with Gasteiger partial charge in [-0.3, -0.25) is 5.10 Å². The third kappa shape index (κ3) is 4.07. The summed E-state index contributed by atoms with van der Waals surface area (Å²) in [6, 6.07) is 19.7. The molecule has 0 aliphatic rings. The van der Waals surface area contributed by atoms with Gasteiger partial charge in [-0.25, -0.2) is 4.98 Å². The molecule has 0 aliphatic carbocycles. The Labute approximate surface area is 154 Å². The average molecular weight is 361 g/mol. The van der Waals surface area contributed by atoms with E-state index < -0.39 is 0 Å². The molecule has 4 aromatic rings. The van der Waals surface area contributed by atoms with Crippen molar-refractivity contribution in [1.82, 2.24) is 25.3 Å². The van der Waals surface area contributed by atoms with Crippen LogP contribution in [0, 0.1) is 0 Å². The molecule has 6 nitrogen and oxygen atoms in total. The van der Waals surface area contributed by atoms with E-state index in [0.29, 0.717) is 28.4 Å². The summed E-state index contributed by atoms with van der Waals surface area (Å²) in [6.45, 7) is 0. The molecule has 0 radical (unpaired) electrons. The molecule has 0 saturated heterocycles. The van der Waals surface area contributed by atoms with E-state index in [0.717, 1.165) is 11.1 Å². The van der Waals surface area contributed by atoms with Crippen molar-refractivity contribution >= 4 is 23.9 Å². The Morgan fingerprint density at radius 1 is 0.923 bits per heavy atom. The van der Waals surface area contributed by atoms with Crippen LogP contribution in [0.4, 0.5) is 0 Å². The fraction of sp³-hybridized carbons (Fsp3) is 0.0526. The zero-order valence-corrected chi connectivity index (χ0v) is 14.6. The lowest BCUT2D eigenvalue weighted by molar-refractivity contribution is 0.425. The van der Waals surface area contributed by atoms with Gasteiger partial charge >= 0.3 is 0 Å². The summed E-state index contributed by atoms with van der Waals surface area (Å²) in [7, 11) is 0. The topological polar surface area (TPSA) is 80.5 Å². The predicted octanol–water partition coefficient (Wildman–Crippen LogP) is 4.32. The molecule has 0 bridgehead atoms. The number of rotatable bonds is 6. The van der Waals surface area contributed by atoms with E-state index in [4.69, 9.17) is 4.52 Å². The zero-order chi connectivity index (χ0) is 17.6. The largest absolute Gasteiger partial charge is 0.334 e. The van der Waals surface area contributed by atoms with Gasteiger partial charge in [0.25, 0.3) is 5.89 Å². The number of benzene rings is 2. The highest BCUT2D eigenvalue weighted by Crippen LogP contribution is 2.21. The molecule has 4 rings (SSSR count). The molecule has 7 heteroatoms. The molecule has 26 heavy (non-hydrogen) atoms. The monoisotopic (exact) mass is 361 g/mol. The van der Waals surface area contributed by atoms with Crippen molar-refractivity contribution in [1.29, 1.82) is 0 Å². The Morgan fingerprint density at radius 3 is 2.50 bits per heavy atom. The first kappa shape index (κ1) is 16.3. The second-order valence-corrected chi connectivity index (χ2v) is 6.36. The van der Waals surface area contributed by atoms with Crippen LogP contribution in [-0.4, -0.2) is 25.3 Å². The van der Waals surface area contributed by atoms with Crippen LogP contribution in [0.3, 0.4) is 0 Å². The van der Waals surface area contributed by atoms with Crippen molar-refractivity contribution in [2.45, 2.75) is 10.9 Å². The number of hydrogen-bond donors (Lipinski definition) is 1. The van der Waals surface area contributed by atoms with E-state index in [-0.39, 0.29) is 0 Å². The number of aromatic amines is 1. The van der Waals surface area contributed by atoms with Gasteiger partial charge in [0.2, 0.25) is 5.16 Å². The molecular formula is C19H15N5OS. The van der Waals surface area contributed by atoms with Crippen molar-refractivity contribution in [2.24, 2.45) is 0 Å². The molecule has 0 spiro atoms. The first-order chi connectivity index (χ1) is 12.9. The first-order valence-electron chi connectivity index (χ1n) is 8.03. The Bertz CT molecular complexity index is 995. The highest BCUT2D eigenvalue weighted by Gasteiger charge is 2.10. The van der Waals surface area contributed by atoms with Crippen LogP contribution < -0.4 is 0 Å². The van der Waals surface area contributed by atoms with E-state index in [1.54, 1.807) is 0 Å². The summed E-state index contributed by atoms with van der Waals surface area (Å²) < 4.78 is 5.30. The molecule has 2 heterocycles. The Hall–Kier alpha value is -3.19. The van der Waals surface area contributed by atoms with E-state index in [9.17, 15) is 0 Å². The minimum Gasteiger partial charge on any atom is -0.334 e. The van der Waals surface area contributed by atoms with Gasteiger partial charge < -0.3 is 4.52 Å². The lowest BCUT2D eigenvalue weighted by atomic mass is 10.2. The smallest absolute Gasteiger partial charge is 0.257 e. The number of nitrogens with zero attached hydrogens (tertiary/aromatic N) is 4. The van der Waals surface area contributed by atoms with Crippen molar-refractivity contribution < 1.29 is 4.52 Å². The molecule has 0 amide bonds. The molecule has 2 aromatic heterocycles. The van der Waals surface area contributed by atoms with Crippen molar-refractivity contribution in [3.8, 4) is 11.5 Å². The molecule has 128 valence electrons. The quantitative estimate of drug-likeness (QED) is 0.515. The van der Waals surface area contributed by atoms with Gasteiger partial charge in [-0.1, -0.05) is 71.5 Å². The molecule has 0 atom stereocenters. The van der Waals surface area contributed by atoms with Crippen molar-refractivity contribution in [3.05, 3.63) is 77.9 Å². The minimum atomic E-state index is 0.516. The van der Waals surface area contributed by atoms with E-state index in [1.807, 2.05) is 72.8 Å². The summed E-state index contributed by atoms with van der Waals surface area (Å²) in [5.74, 6) is 2.37. The Morgan fingerprint density at radius 2 is 1.69 bits per heavy atom. The lowest BCUT2D eigenvalue weighted by Crippen LogP contribution is -1.85. The summed E-state index contributed by atoms with van der Waals surface area (Å²) in [4.78, 5) is 8.83. The van der Waals surface area contributed by atoms with Gasteiger partial charge in [0.05, 0.1) is 5.75 Å². The molecule has 0 fully saturated rings. The maximum absolute atomic E-state index is 5.30. The number of aromatic nitrogens is 5. The number of hydrogen-bond acceptors (Lipinski definition) is 6. The van der Waals surface area contributed by atoms with Crippen LogP contribution in [0.15, 0.2) is 70.3 Å². The van der Waals surface area contributed by atoms with Crippen LogP contribution in [0.1, 0.15) is 17.2 Å². The van der Waals surface area contributed by atoms with Crippen LogP contribution >= 0.6 is 11.8 Å². The molecule has 2 aromatic carbocycles. The average Bonchev–Trinajstić information content (AvgIpc) is 3.36. The summed E-state index contributed by atoms with van der Waals surface area (Å²) >= 11 is 1.45. The summed E-state index contributed by atoms with van der Waals surface area (Å²) in [6.07, 6.45) is 3.88. The first-order valence-corrected chi connectivity index (χ1v) is 9.02. The highest BCUT2D eigenvalue weighted by atomic mass is 32.2. The van der Waals surface area contributed by atoms with Crippen LogP contribution in [0.25, 0.3) is 23.6 Å². The number of nitrogens with one attached hydrogen (secondary N) is 1. The van der Waals surface area contributed by atoms with E-state index in [2.05, 4.69) is 25.3 Å². The lowest BCUT2D eigenvalue weighted by Gasteiger charge is -1.91. The maximum atomic E-state index is 5.30. The van der Waals surface area contributed by atoms with Gasteiger partial charge in [0.15, 0.2) is 5.82 Å². The number of thioether (sulfide) groups is 1. The van der Waals surface area contributed by atoms with Crippen molar-refractivity contribution in [3.63, 3.8) is 0 Å². The third-order valence-electron chi connectivity index (χ3n) is 3.53. The van der Waals surface area contributed by atoms with Gasteiger partial charge in [0, 0.05) is 5.56 Å². The number of H-pyrrole nitrogens is 1. The van der Waals surface area contributed by atoms with Gasteiger partial charge in [-0.2, -0.15) is 4.98 Å². The van der Waals surface area contributed by atoms with Crippen LogP contribution in [0.2, 0.25) is 0 Å². The Balaban J connectivity index is 1.36. The molecule has 1 N–H and O–H groups in total. The molecule has 0 aliphatic heterocycles. The SMILES string of the molecule is C(=Cc1nc(SCc2noc(-c3ccccc3)n2)n[nH]1)c1ccccc1. The van der Waals surface area contributed by atoms with Gasteiger partial charge in [-0.15, -0.1) is 5.10 Å². The highest BCUT2D eigenvalue weighted by molar-refractivity contribution is 7.98. The van der Waals surface area contributed by atoms with E-state index >= 15 is 0 Å². The van der Waals surface area contributed by atoms with Crippen LogP contribution in [-0.2, 0) is 5.75 Å². The zero-order valence-electron chi connectivity index (χ0n) is 13.7. The predicted molar refractivity (Wildman–Crippen MR) is 101 cm³/mol. The van der Waals surface area contributed by atoms with E-state index in [1.165, 1.54) is 11.8 Å². The standard InChI is InChI=1S/C19H15N5OS/c1-3-7-14(8-4-1)11-12-16-21-19(23-22-16)26-13-17-20-18(25-24-17)15-9-5-2-6-10-15/h1-12H,13H2,(H,21,22,23). The van der Waals surface area contributed by atoms with Gasteiger partial charge in [0.1, 0.15) is 5.82 Å². The van der Waals surface area contributed by atoms with Crippen molar-refractivity contribution in [2.75, 3.05) is 0 Å². The third-order valence-corrected chi connectivity index (χ3v) is 4.38.